The second-order valence-corrected chi connectivity index (χ2v) is 6.06. The number of hydrogen-bond acceptors (Lipinski definition) is 4. The van der Waals surface area contributed by atoms with Gasteiger partial charge in [-0.25, -0.2) is 8.78 Å². The van der Waals surface area contributed by atoms with Gasteiger partial charge >= 0.3 is 5.97 Å². The lowest BCUT2D eigenvalue weighted by Crippen LogP contribution is -2.22. The van der Waals surface area contributed by atoms with Crippen molar-refractivity contribution in [3.63, 3.8) is 0 Å². The molecule has 126 valence electrons. The van der Waals surface area contributed by atoms with E-state index in [0.29, 0.717) is 11.1 Å². The van der Waals surface area contributed by atoms with Crippen LogP contribution in [0.4, 0.5) is 14.5 Å². The Morgan fingerprint density at radius 1 is 1.12 bits per heavy atom. The molecule has 0 unspecified atom stereocenters. The monoisotopic (exact) mass is 371 g/mol. The van der Waals surface area contributed by atoms with Crippen LogP contribution in [0.2, 0.25) is 5.02 Å². The van der Waals surface area contributed by atoms with Crippen molar-refractivity contribution in [2.75, 3.05) is 17.7 Å². The Morgan fingerprint density at radius 3 is 2.50 bits per heavy atom. The summed E-state index contributed by atoms with van der Waals surface area (Å²) < 4.78 is 30.9. The van der Waals surface area contributed by atoms with Gasteiger partial charge in [0.05, 0.1) is 11.4 Å². The van der Waals surface area contributed by atoms with E-state index >= 15 is 0 Å². The molecule has 0 aliphatic carbocycles. The zero-order chi connectivity index (χ0) is 17.5. The molecule has 0 saturated heterocycles. The van der Waals surface area contributed by atoms with Gasteiger partial charge in [0, 0.05) is 16.0 Å². The fourth-order valence-corrected chi connectivity index (χ4v) is 2.46. The molecule has 0 radical (unpaired) electrons. The molecule has 0 spiro atoms. The predicted molar refractivity (Wildman–Crippen MR) is 88.1 cm³/mol. The number of thioether (sulfide) groups is 1. The standard InChI is InChI=1S/C16H12ClF2NO3S/c17-10-1-4-12(5-2-10)24-9-16(22)23-8-15(21)20-14-6-3-11(18)7-13(14)19/h1-7H,8-9H2,(H,20,21). The summed E-state index contributed by atoms with van der Waals surface area (Å²) in [5, 5.41) is 2.78. The summed E-state index contributed by atoms with van der Waals surface area (Å²) in [7, 11) is 0. The van der Waals surface area contributed by atoms with Gasteiger partial charge in [0.2, 0.25) is 0 Å². The SMILES string of the molecule is O=C(COC(=O)CSc1ccc(Cl)cc1)Nc1ccc(F)cc1F. The van der Waals surface area contributed by atoms with Gasteiger partial charge in [0.1, 0.15) is 11.6 Å². The van der Waals surface area contributed by atoms with E-state index in [9.17, 15) is 18.4 Å². The lowest BCUT2D eigenvalue weighted by Gasteiger charge is -2.07. The number of esters is 1. The van der Waals surface area contributed by atoms with Crippen LogP contribution in [0.5, 0.6) is 0 Å². The Morgan fingerprint density at radius 2 is 1.83 bits per heavy atom. The molecular formula is C16H12ClF2NO3S. The molecule has 0 saturated carbocycles. The van der Waals surface area contributed by atoms with Crippen molar-refractivity contribution >= 4 is 40.9 Å². The Hall–Kier alpha value is -2.12. The van der Waals surface area contributed by atoms with Crippen molar-refractivity contribution in [3.05, 3.63) is 59.1 Å². The topological polar surface area (TPSA) is 55.4 Å². The quantitative estimate of drug-likeness (QED) is 0.618. The first kappa shape index (κ1) is 18.2. The van der Waals surface area contributed by atoms with Crippen molar-refractivity contribution in [2.24, 2.45) is 0 Å². The number of benzene rings is 2. The van der Waals surface area contributed by atoms with Crippen LogP contribution in [0, 0.1) is 11.6 Å². The van der Waals surface area contributed by atoms with Gasteiger partial charge in [-0.1, -0.05) is 11.6 Å². The molecular weight excluding hydrogens is 360 g/mol. The molecule has 2 rings (SSSR count). The third-order valence-corrected chi connectivity index (χ3v) is 3.98. The van der Waals surface area contributed by atoms with Gasteiger partial charge < -0.3 is 10.1 Å². The number of anilines is 1. The normalized spacial score (nSPS) is 10.3. The van der Waals surface area contributed by atoms with Gasteiger partial charge in [0.15, 0.2) is 6.61 Å². The third-order valence-electron chi connectivity index (χ3n) is 2.74. The number of hydrogen-bond donors (Lipinski definition) is 1. The van der Waals surface area contributed by atoms with E-state index in [1.165, 1.54) is 11.8 Å². The highest BCUT2D eigenvalue weighted by Gasteiger charge is 2.11. The van der Waals surface area contributed by atoms with Crippen LogP contribution in [0.15, 0.2) is 47.4 Å². The lowest BCUT2D eigenvalue weighted by atomic mass is 10.3. The van der Waals surface area contributed by atoms with E-state index in [0.717, 1.165) is 17.0 Å². The Kier molecular flexibility index (Phi) is 6.57. The summed E-state index contributed by atoms with van der Waals surface area (Å²) in [5.74, 6) is -2.96. The molecule has 1 N–H and O–H groups in total. The van der Waals surface area contributed by atoms with Crippen molar-refractivity contribution in [3.8, 4) is 0 Å². The number of amides is 1. The minimum atomic E-state index is -0.909. The number of rotatable bonds is 6. The highest BCUT2D eigenvalue weighted by atomic mass is 35.5. The predicted octanol–water partition coefficient (Wildman–Crippen LogP) is 3.89. The summed E-state index contributed by atoms with van der Waals surface area (Å²) in [6.45, 7) is -0.559. The number of ether oxygens (including phenoxy) is 1. The first-order valence-electron chi connectivity index (χ1n) is 6.73. The van der Waals surface area contributed by atoms with Gasteiger partial charge in [-0.3, -0.25) is 9.59 Å². The van der Waals surface area contributed by atoms with Crippen LogP contribution in [-0.4, -0.2) is 24.2 Å². The van der Waals surface area contributed by atoms with Crippen molar-refractivity contribution in [1.29, 1.82) is 0 Å². The summed E-state index contributed by atoms with van der Waals surface area (Å²) >= 11 is 6.98. The van der Waals surface area contributed by atoms with Gasteiger partial charge in [-0.05, 0) is 36.4 Å². The number of nitrogens with one attached hydrogen (secondary N) is 1. The maximum absolute atomic E-state index is 13.4. The number of carbonyl (C=O) groups excluding carboxylic acids is 2. The minimum absolute atomic E-state index is 0.0137. The average Bonchev–Trinajstić information content (AvgIpc) is 2.55. The smallest absolute Gasteiger partial charge is 0.316 e. The maximum Gasteiger partial charge on any atom is 0.316 e. The fraction of sp³-hybridized carbons (Fsp3) is 0.125. The molecule has 24 heavy (non-hydrogen) atoms. The summed E-state index contributed by atoms with van der Waals surface area (Å²) in [5.41, 5.74) is -0.187. The van der Waals surface area contributed by atoms with Gasteiger partial charge in [-0.2, -0.15) is 0 Å². The Bertz CT molecular complexity index is 741. The van der Waals surface area contributed by atoms with Crippen LogP contribution in [0.1, 0.15) is 0 Å². The van der Waals surface area contributed by atoms with E-state index in [1.54, 1.807) is 24.3 Å². The third kappa shape index (κ3) is 5.82. The van der Waals surface area contributed by atoms with Crippen LogP contribution < -0.4 is 5.32 Å². The van der Waals surface area contributed by atoms with Crippen LogP contribution in [-0.2, 0) is 14.3 Å². The molecule has 0 aliphatic heterocycles. The second kappa shape index (κ2) is 8.65. The highest BCUT2D eigenvalue weighted by molar-refractivity contribution is 8.00. The first-order chi connectivity index (χ1) is 11.4. The summed E-state index contributed by atoms with van der Waals surface area (Å²) in [4.78, 5) is 24.0. The molecule has 0 atom stereocenters. The molecule has 2 aromatic rings. The summed E-state index contributed by atoms with van der Waals surface area (Å²) in [6.07, 6.45) is 0. The second-order valence-electron chi connectivity index (χ2n) is 4.58. The number of carbonyl (C=O) groups is 2. The Balaban J connectivity index is 1.74. The van der Waals surface area contributed by atoms with Crippen molar-refractivity contribution in [2.45, 2.75) is 4.90 Å². The van der Waals surface area contributed by atoms with Crippen molar-refractivity contribution in [1.82, 2.24) is 0 Å². The van der Waals surface area contributed by atoms with Gasteiger partial charge in [-0.15, -0.1) is 11.8 Å². The zero-order valence-corrected chi connectivity index (χ0v) is 13.8. The molecule has 4 nitrogen and oxygen atoms in total. The molecule has 0 fully saturated rings. The molecule has 1 amide bonds. The first-order valence-corrected chi connectivity index (χ1v) is 8.09. The lowest BCUT2D eigenvalue weighted by molar-refractivity contribution is -0.144. The van der Waals surface area contributed by atoms with Crippen molar-refractivity contribution < 1.29 is 23.1 Å². The molecule has 0 bridgehead atoms. The van der Waals surface area contributed by atoms with E-state index in [2.05, 4.69) is 5.32 Å². The van der Waals surface area contributed by atoms with E-state index in [4.69, 9.17) is 16.3 Å². The van der Waals surface area contributed by atoms with Crippen LogP contribution in [0.3, 0.4) is 0 Å². The zero-order valence-electron chi connectivity index (χ0n) is 12.2. The number of halogens is 3. The van der Waals surface area contributed by atoms with E-state index < -0.39 is 30.1 Å². The highest BCUT2D eigenvalue weighted by Crippen LogP contribution is 2.20. The molecule has 2 aromatic carbocycles. The molecule has 0 aromatic heterocycles. The van der Waals surface area contributed by atoms with Crippen LogP contribution >= 0.6 is 23.4 Å². The summed E-state index contributed by atoms with van der Waals surface area (Å²) in [6, 6.07) is 9.63. The fourth-order valence-electron chi connectivity index (χ4n) is 1.64. The van der Waals surface area contributed by atoms with E-state index in [-0.39, 0.29) is 11.4 Å². The van der Waals surface area contributed by atoms with Gasteiger partial charge in [0.25, 0.3) is 5.91 Å². The van der Waals surface area contributed by atoms with Crippen LogP contribution in [0.25, 0.3) is 0 Å². The van der Waals surface area contributed by atoms with E-state index in [1.807, 2.05) is 0 Å². The molecule has 0 heterocycles. The average molecular weight is 372 g/mol. The Labute approximate surface area is 146 Å². The molecule has 0 aliphatic rings. The minimum Gasteiger partial charge on any atom is -0.455 e. The largest absolute Gasteiger partial charge is 0.455 e. The maximum atomic E-state index is 13.4. The molecule has 8 heteroatoms.